The van der Waals surface area contributed by atoms with Gasteiger partial charge in [0.05, 0.1) is 5.38 Å². The molecule has 0 N–H and O–H groups in total. The highest BCUT2D eigenvalue weighted by molar-refractivity contribution is 6.22. The van der Waals surface area contributed by atoms with Gasteiger partial charge in [0.2, 0.25) is 0 Å². The molecule has 0 bridgehead atoms. The average Bonchev–Trinajstić information content (AvgIpc) is 2.86. The number of rotatable bonds is 4. The quantitative estimate of drug-likeness (QED) is 0.631. The van der Waals surface area contributed by atoms with Crippen LogP contribution in [-0.2, 0) is 12.8 Å². The SMILES string of the molecule is CCC(CC)C(Cl)c1ccc2c3c(cccc13)CC2. The maximum Gasteiger partial charge on any atom is 0.0619 e. The van der Waals surface area contributed by atoms with E-state index in [1.165, 1.54) is 40.3 Å². The molecule has 1 heteroatoms. The predicted octanol–water partition coefficient (Wildman–Crippen LogP) is 5.65. The third-order valence-corrected chi connectivity index (χ3v) is 5.26. The molecule has 1 atom stereocenters. The van der Waals surface area contributed by atoms with Crippen LogP contribution in [-0.4, -0.2) is 0 Å². The largest absolute Gasteiger partial charge is 0.117 e. The van der Waals surface area contributed by atoms with Gasteiger partial charge in [0.1, 0.15) is 0 Å². The van der Waals surface area contributed by atoms with Crippen LogP contribution in [0.4, 0.5) is 0 Å². The summed E-state index contributed by atoms with van der Waals surface area (Å²) in [5.74, 6) is 0.570. The van der Waals surface area contributed by atoms with Crippen molar-refractivity contribution in [3.05, 3.63) is 47.0 Å². The van der Waals surface area contributed by atoms with E-state index in [0.717, 1.165) is 12.8 Å². The summed E-state index contributed by atoms with van der Waals surface area (Å²) in [5.41, 5.74) is 4.34. The van der Waals surface area contributed by atoms with E-state index in [2.05, 4.69) is 44.2 Å². The Morgan fingerprint density at radius 1 is 1.00 bits per heavy atom. The molecule has 0 aromatic heterocycles. The Morgan fingerprint density at radius 3 is 2.37 bits per heavy atom. The molecule has 1 unspecified atom stereocenters. The molecule has 100 valence electrons. The van der Waals surface area contributed by atoms with Gasteiger partial charge in [-0.2, -0.15) is 0 Å². The predicted molar refractivity (Wildman–Crippen MR) is 84.0 cm³/mol. The van der Waals surface area contributed by atoms with Gasteiger partial charge in [-0.05, 0) is 46.2 Å². The lowest BCUT2D eigenvalue weighted by Crippen LogP contribution is -2.06. The number of benzene rings is 2. The molecule has 0 fully saturated rings. The zero-order valence-electron chi connectivity index (χ0n) is 11.7. The second-order valence-electron chi connectivity index (χ2n) is 5.63. The monoisotopic (exact) mass is 272 g/mol. The highest BCUT2D eigenvalue weighted by atomic mass is 35.5. The Bertz CT molecular complexity index is 586. The van der Waals surface area contributed by atoms with Crippen LogP contribution < -0.4 is 0 Å². The molecule has 0 spiro atoms. The lowest BCUT2D eigenvalue weighted by Gasteiger charge is -2.21. The van der Waals surface area contributed by atoms with Crippen molar-refractivity contribution >= 4 is 22.4 Å². The zero-order chi connectivity index (χ0) is 13.4. The van der Waals surface area contributed by atoms with E-state index < -0.39 is 0 Å². The van der Waals surface area contributed by atoms with Crippen molar-refractivity contribution in [2.24, 2.45) is 5.92 Å². The molecule has 0 amide bonds. The van der Waals surface area contributed by atoms with Crippen molar-refractivity contribution in [2.75, 3.05) is 0 Å². The minimum absolute atomic E-state index is 0.139. The van der Waals surface area contributed by atoms with Crippen LogP contribution in [0.25, 0.3) is 10.8 Å². The molecular formula is C18H21Cl. The van der Waals surface area contributed by atoms with E-state index in [-0.39, 0.29) is 5.38 Å². The first kappa shape index (κ1) is 13.0. The van der Waals surface area contributed by atoms with Crippen LogP contribution in [0, 0.1) is 5.92 Å². The van der Waals surface area contributed by atoms with E-state index in [9.17, 15) is 0 Å². The Hall–Kier alpha value is -1.01. The average molecular weight is 273 g/mol. The minimum atomic E-state index is 0.139. The van der Waals surface area contributed by atoms with Crippen molar-refractivity contribution in [1.82, 2.24) is 0 Å². The molecule has 0 aliphatic heterocycles. The van der Waals surface area contributed by atoms with Crippen LogP contribution in [0.1, 0.15) is 48.8 Å². The van der Waals surface area contributed by atoms with Crippen LogP contribution in [0.3, 0.4) is 0 Å². The summed E-state index contributed by atoms with van der Waals surface area (Å²) < 4.78 is 0. The van der Waals surface area contributed by atoms with E-state index in [4.69, 9.17) is 11.6 Å². The van der Waals surface area contributed by atoms with Gasteiger partial charge < -0.3 is 0 Å². The second kappa shape index (κ2) is 5.17. The summed E-state index contributed by atoms with van der Waals surface area (Å²) in [6, 6.07) is 11.3. The summed E-state index contributed by atoms with van der Waals surface area (Å²) in [5, 5.41) is 3.01. The van der Waals surface area contributed by atoms with Gasteiger partial charge in [0.15, 0.2) is 0 Å². The Balaban J connectivity index is 2.15. The van der Waals surface area contributed by atoms with Crippen molar-refractivity contribution < 1.29 is 0 Å². The van der Waals surface area contributed by atoms with Gasteiger partial charge in [-0.15, -0.1) is 11.6 Å². The van der Waals surface area contributed by atoms with Crippen molar-refractivity contribution in [3.8, 4) is 0 Å². The molecule has 0 heterocycles. The summed E-state index contributed by atoms with van der Waals surface area (Å²) in [4.78, 5) is 0. The van der Waals surface area contributed by atoms with E-state index in [1.54, 1.807) is 0 Å². The number of halogens is 1. The molecular weight excluding hydrogens is 252 g/mol. The number of alkyl halides is 1. The van der Waals surface area contributed by atoms with Crippen LogP contribution in [0.5, 0.6) is 0 Å². The van der Waals surface area contributed by atoms with Gasteiger partial charge in [0.25, 0.3) is 0 Å². The van der Waals surface area contributed by atoms with E-state index in [0.29, 0.717) is 5.92 Å². The highest BCUT2D eigenvalue weighted by Crippen LogP contribution is 2.40. The first-order valence-corrected chi connectivity index (χ1v) is 7.87. The van der Waals surface area contributed by atoms with E-state index >= 15 is 0 Å². The standard InChI is InChI=1S/C18H21Cl/c1-3-12(4-2)18(19)16-11-10-14-9-8-13-6-5-7-15(16)17(13)14/h5-7,10-12,18H,3-4,8-9H2,1-2H3. The van der Waals surface area contributed by atoms with Gasteiger partial charge in [-0.3, -0.25) is 0 Å². The smallest absolute Gasteiger partial charge is 0.0619 e. The Kier molecular flexibility index (Phi) is 3.54. The fourth-order valence-corrected chi connectivity index (χ4v) is 4.01. The first-order chi connectivity index (χ1) is 9.26. The highest BCUT2D eigenvalue weighted by Gasteiger charge is 2.22. The van der Waals surface area contributed by atoms with Gasteiger partial charge in [-0.1, -0.05) is 57.0 Å². The maximum atomic E-state index is 6.78. The molecule has 2 aromatic carbocycles. The van der Waals surface area contributed by atoms with Crippen LogP contribution in [0.2, 0.25) is 0 Å². The minimum Gasteiger partial charge on any atom is -0.117 e. The van der Waals surface area contributed by atoms with Crippen molar-refractivity contribution in [3.63, 3.8) is 0 Å². The molecule has 0 radical (unpaired) electrons. The third kappa shape index (κ3) is 2.07. The number of hydrogen-bond donors (Lipinski definition) is 0. The van der Waals surface area contributed by atoms with E-state index in [1.807, 2.05) is 0 Å². The summed E-state index contributed by atoms with van der Waals surface area (Å²) >= 11 is 6.78. The molecule has 0 nitrogen and oxygen atoms in total. The molecule has 0 saturated heterocycles. The molecule has 1 aliphatic carbocycles. The molecule has 1 aliphatic rings. The van der Waals surface area contributed by atoms with Crippen LogP contribution in [0.15, 0.2) is 30.3 Å². The van der Waals surface area contributed by atoms with Gasteiger partial charge >= 0.3 is 0 Å². The molecule has 0 saturated carbocycles. The zero-order valence-corrected chi connectivity index (χ0v) is 12.5. The lowest BCUT2D eigenvalue weighted by atomic mass is 9.90. The fourth-order valence-electron chi connectivity index (χ4n) is 3.47. The number of hydrogen-bond acceptors (Lipinski definition) is 0. The van der Waals surface area contributed by atoms with Crippen LogP contribution >= 0.6 is 11.6 Å². The fraction of sp³-hybridized carbons (Fsp3) is 0.444. The topological polar surface area (TPSA) is 0 Å². The second-order valence-corrected chi connectivity index (χ2v) is 6.10. The lowest BCUT2D eigenvalue weighted by molar-refractivity contribution is 0.477. The van der Waals surface area contributed by atoms with Gasteiger partial charge in [-0.25, -0.2) is 0 Å². The number of aryl methyl sites for hydroxylation is 2. The normalized spacial score (nSPS) is 15.4. The third-order valence-electron chi connectivity index (χ3n) is 4.67. The Labute approximate surface area is 120 Å². The molecule has 19 heavy (non-hydrogen) atoms. The summed E-state index contributed by atoms with van der Waals surface area (Å²) in [6.45, 7) is 4.48. The summed E-state index contributed by atoms with van der Waals surface area (Å²) in [6.07, 6.45) is 4.67. The van der Waals surface area contributed by atoms with Gasteiger partial charge in [0, 0.05) is 0 Å². The van der Waals surface area contributed by atoms with Crippen molar-refractivity contribution in [2.45, 2.75) is 44.9 Å². The first-order valence-electron chi connectivity index (χ1n) is 7.43. The maximum absolute atomic E-state index is 6.78. The molecule has 3 rings (SSSR count). The van der Waals surface area contributed by atoms with Crippen molar-refractivity contribution in [1.29, 1.82) is 0 Å². The molecule has 2 aromatic rings. The summed E-state index contributed by atoms with van der Waals surface area (Å²) in [7, 11) is 0. The Morgan fingerprint density at radius 2 is 1.68 bits per heavy atom.